The van der Waals surface area contributed by atoms with E-state index in [-0.39, 0.29) is 5.91 Å². The maximum absolute atomic E-state index is 11.9. The van der Waals surface area contributed by atoms with Crippen LogP contribution in [0.4, 0.5) is 5.69 Å². The Balaban J connectivity index is 2.04. The fraction of sp³-hybridized carbons (Fsp3) is 0.364. The minimum Gasteiger partial charge on any atom is -0.366 e. The average molecular weight is 275 g/mol. The SMILES string of the molecule is O=C(Nc1cccc(Cl)c1Cl)[C@@H]1CNCCO1. The van der Waals surface area contributed by atoms with Crippen molar-refractivity contribution in [3.05, 3.63) is 28.2 Å². The Hall–Kier alpha value is -0.810. The average Bonchev–Trinajstić information content (AvgIpc) is 2.36. The van der Waals surface area contributed by atoms with Gasteiger partial charge < -0.3 is 15.4 Å². The molecule has 1 saturated heterocycles. The number of ether oxygens (including phenoxy) is 1. The van der Waals surface area contributed by atoms with E-state index in [2.05, 4.69) is 10.6 Å². The van der Waals surface area contributed by atoms with E-state index < -0.39 is 6.10 Å². The highest BCUT2D eigenvalue weighted by atomic mass is 35.5. The number of carbonyl (C=O) groups excluding carboxylic acids is 1. The molecular weight excluding hydrogens is 263 g/mol. The topological polar surface area (TPSA) is 50.4 Å². The van der Waals surface area contributed by atoms with Crippen LogP contribution >= 0.6 is 23.2 Å². The molecule has 17 heavy (non-hydrogen) atoms. The Bertz CT molecular complexity index is 420. The monoisotopic (exact) mass is 274 g/mol. The molecule has 2 N–H and O–H groups in total. The van der Waals surface area contributed by atoms with Gasteiger partial charge in [0.2, 0.25) is 0 Å². The first kappa shape index (κ1) is 12.6. The van der Waals surface area contributed by atoms with Crippen LogP contribution in [0.15, 0.2) is 18.2 Å². The second-order valence-corrected chi connectivity index (χ2v) is 4.44. The van der Waals surface area contributed by atoms with E-state index in [1.165, 1.54) is 0 Å². The zero-order valence-corrected chi connectivity index (χ0v) is 10.5. The van der Waals surface area contributed by atoms with Gasteiger partial charge >= 0.3 is 0 Å². The highest BCUT2D eigenvalue weighted by Gasteiger charge is 2.22. The number of morpholine rings is 1. The molecule has 0 saturated carbocycles. The lowest BCUT2D eigenvalue weighted by Gasteiger charge is -2.22. The number of carbonyl (C=O) groups is 1. The second kappa shape index (κ2) is 5.69. The summed E-state index contributed by atoms with van der Waals surface area (Å²) in [6.07, 6.45) is -0.487. The lowest BCUT2D eigenvalue weighted by molar-refractivity contribution is -0.128. The van der Waals surface area contributed by atoms with Gasteiger partial charge in [-0.1, -0.05) is 29.3 Å². The second-order valence-electron chi connectivity index (χ2n) is 3.65. The van der Waals surface area contributed by atoms with Crippen molar-refractivity contribution in [3.8, 4) is 0 Å². The summed E-state index contributed by atoms with van der Waals surface area (Å²) in [4.78, 5) is 11.9. The standard InChI is InChI=1S/C11H12Cl2N2O2/c12-7-2-1-3-8(10(7)13)15-11(16)9-6-14-4-5-17-9/h1-3,9,14H,4-6H2,(H,15,16)/t9-/m0/s1. The fourth-order valence-electron chi connectivity index (χ4n) is 1.55. The minimum atomic E-state index is -0.487. The van der Waals surface area contributed by atoms with Crippen molar-refractivity contribution in [1.82, 2.24) is 5.32 Å². The van der Waals surface area contributed by atoms with Crippen LogP contribution in [0.2, 0.25) is 10.0 Å². The molecule has 1 atom stereocenters. The Kier molecular flexibility index (Phi) is 4.23. The number of amides is 1. The highest BCUT2D eigenvalue weighted by molar-refractivity contribution is 6.44. The zero-order chi connectivity index (χ0) is 12.3. The van der Waals surface area contributed by atoms with Crippen molar-refractivity contribution in [2.24, 2.45) is 0 Å². The molecule has 0 aromatic heterocycles. The summed E-state index contributed by atoms with van der Waals surface area (Å²) in [7, 11) is 0. The Labute approximate surface area is 109 Å². The number of anilines is 1. The molecule has 1 aliphatic rings. The Morgan fingerprint density at radius 2 is 2.29 bits per heavy atom. The minimum absolute atomic E-state index is 0.221. The molecular formula is C11H12Cl2N2O2. The van der Waals surface area contributed by atoms with Crippen LogP contribution in [-0.4, -0.2) is 31.7 Å². The molecule has 0 unspecified atom stereocenters. The van der Waals surface area contributed by atoms with Gasteiger partial charge in [-0.2, -0.15) is 0 Å². The van der Waals surface area contributed by atoms with E-state index in [1.807, 2.05) is 0 Å². The fourth-order valence-corrected chi connectivity index (χ4v) is 1.90. The molecule has 0 radical (unpaired) electrons. The molecule has 0 bridgehead atoms. The summed E-state index contributed by atoms with van der Waals surface area (Å²) in [6, 6.07) is 5.09. The van der Waals surface area contributed by atoms with Gasteiger partial charge in [-0.3, -0.25) is 4.79 Å². The number of hydrogen-bond acceptors (Lipinski definition) is 3. The van der Waals surface area contributed by atoms with Crippen LogP contribution in [0, 0.1) is 0 Å². The molecule has 2 rings (SSSR count). The normalized spacial score (nSPS) is 20.0. The predicted molar refractivity (Wildman–Crippen MR) is 67.7 cm³/mol. The molecule has 1 fully saturated rings. The summed E-state index contributed by atoms with van der Waals surface area (Å²) in [6.45, 7) is 1.80. The first-order valence-electron chi connectivity index (χ1n) is 5.25. The number of benzene rings is 1. The van der Waals surface area contributed by atoms with Crippen LogP contribution in [0.3, 0.4) is 0 Å². The van der Waals surface area contributed by atoms with Crippen molar-refractivity contribution >= 4 is 34.8 Å². The summed E-state index contributed by atoms with van der Waals surface area (Å²) in [5.74, 6) is -0.221. The molecule has 1 aromatic rings. The first-order valence-corrected chi connectivity index (χ1v) is 6.01. The summed E-state index contributed by atoms with van der Waals surface area (Å²) >= 11 is 11.8. The third-order valence-corrected chi connectivity index (χ3v) is 3.25. The van der Waals surface area contributed by atoms with Gasteiger partial charge in [-0.05, 0) is 12.1 Å². The smallest absolute Gasteiger partial charge is 0.254 e. The van der Waals surface area contributed by atoms with Crippen molar-refractivity contribution in [2.45, 2.75) is 6.10 Å². The van der Waals surface area contributed by atoms with Gasteiger partial charge in [0.15, 0.2) is 0 Å². The molecule has 1 aliphatic heterocycles. The largest absolute Gasteiger partial charge is 0.366 e. The van der Waals surface area contributed by atoms with E-state index in [1.54, 1.807) is 18.2 Å². The maximum Gasteiger partial charge on any atom is 0.254 e. The van der Waals surface area contributed by atoms with E-state index in [0.29, 0.717) is 28.9 Å². The zero-order valence-electron chi connectivity index (χ0n) is 9.00. The maximum atomic E-state index is 11.9. The summed E-state index contributed by atoms with van der Waals surface area (Å²) in [5.41, 5.74) is 0.498. The van der Waals surface area contributed by atoms with Gasteiger partial charge in [0.05, 0.1) is 22.3 Å². The summed E-state index contributed by atoms with van der Waals surface area (Å²) in [5, 5.41) is 6.53. The van der Waals surface area contributed by atoms with E-state index in [4.69, 9.17) is 27.9 Å². The van der Waals surface area contributed by atoms with Crippen molar-refractivity contribution in [2.75, 3.05) is 25.0 Å². The van der Waals surface area contributed by atoms with Crippen molar-refractivity contribution < 1.29 is 9.53 Å². The van der Waals surface area contributed by atoms with Gasteiger partial charge in [0.1, 0.15) is 6.10 Å². The van der Waals surface area contributed by atoms with Crippen molar-refractivity contribution in [1.29, 1.82) is 0 Å². The van der Waals surface area contributed by atoms with Gasteiger partial charge in [-0.25, -0.2) is 0 Å². The molecule has 4 nitrogen and oxygen atoms in total. The van der Waals surface area contributed by atoms with Crippen molar-refractivity contribution in [3.63, 3.8) is 0 Å². The van der Waals surface area contributed by atoms with Crippen LogP contribution < -0.4 is 10.6 Å². The quantitative estimate of drug-likeness (QED) is 0.867. The van der Waals surface area contributed by atoms with Gasteiger partial charge in [0.25, 0.3) is 5.91 Å². The van der Waals surface area contributed by atoms with Crippen LogP contribution in [0.1, 0.15) is 0 Å². The van der Waals surface area contributed by atoms with Crippen LogP contribution in [0.5, 0.6) is 0 Å². The lowest BCUT2D eigenvalue weighted by Crippen LogP contribution is -2.45. The molecule has 1 heterocycles. The third-order valence-electron chi connectivity index (χ3n) is 2.43. The predicted octanol–water partition coefficient (Wildman–Crippen LogP) is 1.92. The molecule has 0 aliphatic carbocycles. The Morgan fingerprint density at radius 1 is 1.47 bits per heavy atom. The molecule has 0 spiro atoms. The number of rotatable bonds is 2. The van der Waals surface area contributed by atoms with E-state index in [9.17, 15) is 4.79 Å². The lowest BCUT2D eigenvalue weighted by atomic mass is 10.2. The Morgan fingerprint density at radius 3 is 3.00 bits per heavy atom. The third kappa shape index (κ3) is 3.10. The van der Waals surface area contributed by atoms with E-state index >= 15 is 0 Å². The van der Waals surface area contributed by atoms with Crippen LogP contribution in [-0.2, 0) is 9.53 Å². The van der Waals surface area contributed by atoms with Gasteiger partial charge in [0, 0.05) is 13.1 Å². The van der Waals surface area contributed by atoms with E-state index in [0.717, 1.165) is 6.54 Å². The molecule has 92 valence electrons. The highest BCUT2D eigenvalue weighted by Crippen LogP contribution is 2.29. The first-order chi connectivity index (χ1) is 8.18. The molecule has 6 heteroatoms. The molecule has 1 amide bonds. The molecule has 1 aromatic carbocycles. The van der Waals surface area contributed by atoms with Gasteiger partial charge in [-0.15, -0.1) is 0 Å². The number of hydrogen-bond donors (Lipinski definition) is 2. The summed E-state index contributed by atoms with van der Waals surface area (Å²) < 4.78 is 5.33. The number of nitrogens with one attached hydrogen (secondary N) is 2. The number of halogens is 2. The van der Waals surface area contributed by atoms with Crippen LogP contribution in [0.25, 0.3) is 0 Å².